The van der Waals surface area contributed by atoms with Crippen molar-refractivity contribution in [2.24, 2.45) is 0 Å². The number of hydrogen-bond donors (Lipinski definition) is 1. The highest BCUT2D eigenvalue weighted by Crippen LogP contribution is 2.19. The summed E-state index contributed by atoms with van der Waals surface area (Å²) >= 11 is 0. The largest absolute Gasteiger partial charge is 0.392 e. The molecule has 2 rings (SSSR count). The first-order valence-electron chi connectivity index (χ1n) is 5.67. The Hall–Kier alpha value is -1.41. The number of rotatable bonds is 1. The first-order valence-corrected chi connectivity index (χ1v) is 5.67. The Balaban J connectivity index is 0.000000606. The van der Waals surface area contributed by atoms with Gasteiger partial charge in [0.15, 0.2) is 0 Å². The molecule has 0 radical (unpaired) electrons. The van der Waals surface area contributed by atoms with Gasteiger partial charge in [-0.25, -0.2) is 0 Å². The molecule has 2 heteroatoms. The summed E-state index contributed by atoms with van der Waals surface area (Å²) in [6.45, 7) is 8.13. The zero-order valence-electron chi connectivity index (χ0n) is 10.4. The van der Waals surface area contributed by atoms with Crippen LogP contribution in [0.4, 0.5) is 0 Å². The van der Waals surface area contributed by atoms with Gasteiger partial charge in [0.1, 0.15) is 0 Å². The lowest BCUT2D eigenvalue weighted by molar-refractivity contribution is 0.282. The summed E-state index contributed by atoms with van der Waals surface area (Å²) in [6, 6.07) is 6.06. The molecule has 86 valence electrons. The fourth-order valence-electron chi connectivity index (χ4n) is 1.71. The van der Waals surface area contributed by atoms with Gasteiger partial charge in [0.25, 0.3) is 0 Å². The molecule has 0 saturated heterocycles. The van der Waals surface area contributed by atoms with Crippen LogP contribution in [-0.2, 0) is 6.61 Å². The smallest absolute Gasteiger partial charge is 0.0731 e. The number of nitrogens with zero attached hydrogens (tertiary/aromatic N) is 1. The summed E-state index contributed by atoms with van der Waals surface area (Å²) < 4.78 is 0. The van der Waals surface area contributed by atoms with Crippen LogP contribution in [0.3, 0.4) is 0 Å². The molecule has 0 spiro atoms. The van der Waals surface area contributed by atoms with E-state index in [1.165, 1.54) is 0 Å². The third kappa shape index (κ3) is 2.58. The zero-order valence-corrected chi connectivity index (χ0v) is 10.4. The average Bonchev–Trinajstić information content (AvgIpc) is 2.30. The Morgan fingerprint density at radius 3 is 2.44 bits per heavy atom. The molecule has 1 N–H and O–H groups in total. The van der Waals surface area contributed by atoms with Gasteiger partial charge in [0, 0.05) is 11.6 Å². The Morgan fingerprint density at radius 1 is 1.12 bits per heavy atom. The minimum atomic E-state index is 0.0880. The molecular formula is C14H19NO. The van der Waals surface area contributed by atoms with E-state index in [9.17, 15) is 0 Å². The highest BCUT2D eigenvalue weighted by Gasteiger charge is 2.01. The van der Waals surface area contributed by atoms with Crippen LogP contribution < -0.4 is 0 Å². The van der Waals surface area contributed by atoms with E-state index in [1.54, 1.807) is 0 Å². The van der Waals surface area contributed by atoms with Gasteiger partial charge in [-0.2, -0.15) is 0 Å². The third-order valence-electron chi connectivity index (χ3n) is 2.35. The number of aliphatic hydroxyl groups is 1. The second kappa shape index (κ2) is 5.61. The first kappa shape index (κ1) is 12.7. The summed E-state index contributed by atoms with van der Waals surface area (Å²) in [5.41, 5.74) is 4.23. The number of aromatic nitrogens is 1. The summed E-state index contributed by atoms with van der Waals surface area (Å²) in [5.74, 6) is 0. The van der Waals surface area contributed by atoms with Gasteiger partial charge < -0.3 is 5.11 Å². The number of pyridine rings is 1. The third-order valence-corrected chi connectivity index (χ3v) is 2.35. The quantitative estimate of drug-likeness (QED) is 0.794. The van der Waals surface area contributed by atoms with Crippen molar-refractivity contribution < 1.29 is 5.11 Å². The molecule has 0 saturated carbocycles. The lowest BCUT2D eigenvalue weighted by Gasteiger charge is -2.05. The standard InChI is InChI=1S/C12H13NO.C2H6/c1-8-3-11-5-10(7-14)4-9(2)12(11)13-6-8;1-2/h3-6,14H,7H2,1-2H3;1-2H3. The maximum absolute atomic E-state index is 9.07. The lowest BCUT2D eigenvalue weighted by atomic mass is 10.1. The van der Waals surface area contributed by atoms with Crippen LogP contribution in [0.25, 0.3) is 10.9 Å². The van der Waals surface area contributed by atoms with Gasteiger partial charge >= 0.3 is 0 Å². The van der Waals surface area contributed by atoms with Crippen LogP contribution in [0.5, 0.6) is 0 Å². The normalized spacial score (nSPS) is 9.81. The minimum Gasteiger partial charge on any atom is -0.392 e. The predicted molar refractivity (Wildman–Crippen MR) is 68.5 cm³/mol. The van der Waals surface area contributed by atoms with Gasteiger partial charge in [-0.3, -0.25) is 4.98 Å². The number of hydrogen-bond acceptors (Lipinski definition) is 2. The number of fused-ring (bicyclic) bond motifs is 1. The van der Waals surface area contributed by atoms with Crippen molar-refractivity contribution in [1.82, 2.24) is 4.98 Å². The second-order valence-electron chi connectivity index (χ2n) is 3.66. The monoisotopic (exact) mass is 217 g/mol. The Morgan fingerprint density at radius 2 is 1.81 bits per heavy atom. The molecule has 0 aliphatic heterocycles. The summed E-state index contributed by atoms with van der Waals surface area (Å²) in [7, 11) is 0. The van der Waals surface area contributed by atoms with Crippen LogP contribution in [0, 0.1) is 13.8 Å². The summed E-state index contributed by atoms with van der Waals surface area (Å²) in [4.78, 5) is 4.37. The molecule has 2 nitrogen and oxygen atoms in total. The number of aliphatic hydroxyl groups excluding tert-OH is 1. The molecule has 2 aromatic rings. The summed E-state index contributed by atoms with van der Waals surface area (Å²) in [6.07, 6.45) is 1.87. The van der Waals surface area contributed by atoms with Gasteiger partial charge in [0.2, 0.25) is 0 Å². The fraction of sp³-hybridized carbons (Fsp3) is 0.357. The Bertz CT molecular complexity index is 477. The van der Waals surface area contributed by atoms with E-state index >= 15 is 0 Å². The van der Waals surface area contributed by atoms with E-state index in [-0.39, 0.29) is 6.61 Å². The van der Waals surface area contributed by atoms with Gasteiger partial charge in [-0.1, -0.05) is 19.9 Å². The van der Waals surface area contributed by atoms with Crippen molar-refractivity contribution in [2.45, 2.75) is 34.3 Å². The van der Waals surface area contributed by atoms with Crippen LogP contribution in [0.2, 0.25) is 0 Å². The average molecular weight is 217 g/mol. The fourth-order valence-corrected chi connectivity index (χ4v) is 1.71. The van der Waals surface area contributed by atoms with Crippen LogP contribution in [0.15, 0.2) is 24.4 Å². The molecule has 0 bridgehead atoms. The van der Waals surface area contributed by atoms with Crippen LogP contribution >= 0.6 is 0 Å². The molecule has 1 heterocycles. The zero-order chi connectivity index (χ0) is 12.1. The Kier molecular flexibility index (Phi) is 4.44. The Labute approximate surface area is 97.0 Å². The lowest BCUT2D eigenvalue weighted by Crippen LogP contribution is -1.89. The van der Waals surface area contributed by atoms with Crippen molar-refractivity contribution in [3.05, 3.63) is 41.1 Å². The summed E-state index contributed by atoms with van der Waals surface area (Å²) in [5, 5.41) is 10.2. The highest BCUT2D eigenvalue weighted by atomic mass is 16.3. The van der Waals surface area contributed by atoms with E-state index in [4.69, 9.17) is 5.11 Å². The number of aryl methyl sites for hydroxylation is 2. The molecule has 1 aromatic heterocycles. The number of benzene rings is 1. The van der Waals surface area contributed by atoms with Crippen LogP contribution in [-0.4, -0.2) is 10.1 Å². The van der Waals surface area contributed by atoms with Crippen molar-refractivity contribution >= 4 is 10.9 Å². The molecule has 0 unspecified atom stereocenters. The van der Waals surface area contributed by atoms with Gasteiger partial charge in [-0.15, -0.1) is 0 Å². The van der Waals surface area contributed by atoms with E-state index < -0.39 is 0 Å². The van der Waals surface area contributed by atoms with Crippen molar-refractivity contribution in [3.63, 3.8) is 0 Å². The topological polar surface area (TPSA) is 33.1 Å². The molecule has 1 aromatic carbocycles. The molecule has 0 aliphatic carbocycles. The van der Waals surface area contributed by atoms with Crippen molar-refractivity contribution in [3.8, 4) is 0 Å². The maximum Gasteiger partial charge on any atom is 0.0731 e. The van der Waals surface area contributed by atoms with E-state index in [2.05, 4.69) is 11.1 Å². The molecule has 16 heavy (non-hydrogen) atoms. The van der Waals surface area contributed by atoms with Crippen LogP contribution in [0.1, 0.15) is 30.5 Å². The minimum absolute atomic E-state index is 0.0880. The van der Waals surface area contributed by atoms with E-state index in [0.717, 1.165) is 27.6 Å². The SMILES string of the molecule is CC.Cc1cnc2c(C)cc(CO)cc2c1. The van der Waals surface area contributed by atoms with Gasteiger partial charge in [-0.05, 0) is 42.7 Å². The molecule has 0 atom stereocenters. The van der Waals surface area contributed by atoms with Crippen molar-refractivity contribution in [2.75, 3.05) is 0 Å². The molecule has 0 aliphatic rings. The first-order chi connectivity index (χ1) is 7.70. The van der Waals surface area contributed by atoms with Crippen molar-refractivity contribution in [1.29, 1.82) is 0 Å². The van der Waals surface area contributed by atoms with Gasteiger partial charge in [0.05, 0.1) is 12.1 Å². The predicted octanol–water partition coefficient (Wildman–Crippen LogP) is 3.37. The molecule has 0 fully saturated rings. The van der Waals surface area contributed by atoms with E-state index in [0.29, 0.717) is 0 Å². The second-order valence-corrected chi connectivity index (χ2v) is 3.66. The highest BCUT2D eigenvalue weighted by molar-refractivity contribution is 5.82. The van der Waals surface area contributed by atoms with E-state index in [1.807, 2.05) is 46.0 Å². The molecular weight excluding hydrogens is 198 g/mol. The maximum atomic E-state index is 9.07. The molecule has 0 amide bonds.